The smallest absolute Gasteiger partial charge is 0.224 e. The molecule has 1 aliphatic carbocycles. The molecule has 0 unspecified atom stereocenters. The molecule has 0 bridgehead atoms. The number of amides is 1. The van der Waals surface area contributed by atoms with Gasteiger partial charge in [-0.3, -0.25) is 9.78 Å². The van der Waals surface area contributed by atoms with E-state index in [4.69, 9.17) is 5.73 Å². The molecule has 1 aromatic rings. The Labute approximate surface area is 108 Å². The lowest BCUT2D eigenvalue weighted by Crippen LogP contribution is -2.50. The van der Waals surface area contributed by atoms with E-state index in [1.165, 1.54) is 5.56 Å². The molecular weight excluding hydrogens is 226 g/mol. The quantitative estimate of drug-likeness (QED) is 0.854. The summed E-state index contributed by atoms with van der Waals surface area (Å²) in [6.45, 7) is 0.735. The molecule has 0 aromatic carbocycles. The standard InChI is InChI=1S/C14H21N3O/c1-17(10-5-12-3-8-16-9-4-12)13(18)11-14(15)6-2-7-14/h3-4,8-9H,2,5-7,10-11,15H2,1H3. The van der Waals surface area contributed by atoms with Crippen LogP contribution in [0.15, 0.2) is 24.5 Å². The lowest BCUT2D eigenvalue weighted by atomic mass is 9.75. The molecule has 1 aliphatic rings. The number of hydrogen-bond acceptors (Lipinski definition) is 3. The largest absolute Gasteiger partial charge is 0.345 e. The molecule has 2 N–H and O–H groups in total. The predicted octanol–water partition coefficient (Wildman–Crippen LogP) is 1.35. The highest BCUT2D eigenvalue weighted by Crippen LogP contribution is 2.32. The van der Waals surface area contributed by atoms with E-state index >= 15 is 0 Å². The third kappa shape index (κ3) is 3.29. The molecule has 18 heavy (non-hydrogen) atoms. The molecular formula is C14H21N3O. The Morgan fingerprint density at radius 2 is 2.11 bits per heavy atom. The highest BCUT2D eigenvalue weighted by atomic mass is 16.2. The number of aromatic nitrogens is 1. The van der Waals surface area contributed by atoms with Gasteiger partial charge in [-0.25, -0.2) is 0 Å². The van der Waals surface area contributed by atoms with Gasteiger partial charge in [-0.05, 0) is 43.4 Å². The van der Waals surface area contributed by atoms with Crippen LogP contribution in [0.2, 0.25) is 0 Å². The van der Waals surface area contributed by atoms with Crippen molar-refractivity contribution in [3.05, 3.63) is 30.1 Å². The van der Waals surface area contributed by atoms with E-state index in [9.17, 15) is 4.79 Å². The van der Waals surface area contributed by atoms with Crippen LogP contribution < -0.4 is 5.73 Å². The van der Waals surface area contributed by atoms with Crippen LogP contribution >= 0.6 is 0 Å². The van der Waals surface area contributed by atoms with E-state index in [0.717, 1.165) is 32.2 Å². The Hall–Kier alpha value is -1.42. The van der Waals surface area contributed by atoms with Crippen molar-refractivity contribution in [2.75, 3.05) is 13.6 Å². The molecule has 1 amide bonds. The summed E-state index contributed by atoms with van der Waals surface area (Å²) < 4.78 is 0. The second-order valence-corrected chi connectivity index (χ2v) is 5.31. The number of pyridine rings is 1. The molecule has 1 heterocycles. The Kier molecular flexibility index (Phi) is 3.97. The van der Waals surface area contributed by atoms with Crippen LogP contribution in [0.5, 0.6) is 0 Å². The van der Waals surface area contributed by atoms with Crippen LogP contribution in [0, 0.1) is 0 Å². The summed E-state index contributed by atoms with van der Waals surface area (Å²) in [6, 6.07) is 3.96. The van der Waals surface area contributed by atoms with Gasteiger partial charge in [-0.15, -0.1) is 0 Å². The Morgan fingerprint density at radius 3 is 2.67 bits per heavy atom. The maximum Gasteiger partial charge on any atom is 0.224 e. The molecule has 98 valence electrons. The first-order chi connectivity index (χ1) is 8.59. The number of nitrogens with two attached hydrogens (primary N) is 1. The van der Waals surface area contributed by atoms with Gasteiger partial charge in [0.05, 0.1) is 0 Å². The van der Waals surface area contributed by atoms with Crippen molar-refractivity contribution in [3.8, 4) is 0 Å². The average molecular weight is 247 g/mol. The van der Waals surface area contributed by atoms with Gasteiger partial charge >= 0.3 is 0 Å². The fourth-order valence-electron chi connectivity index (χ4n) is 2.21. The fourth-order valence-corrected chi connectivity index (χ4v) is 2.21. The van der Waals surface area contributed by atoms with Crippen molar-refractivity contribution in [3.63, 3.8) is 0 Å². The van der Waals surface area contributed by atoms with E-state index < -0.39 is 0 Å². The summed E-state index contributed by atoms with van der Waals surface area (Å²) in [5.41, 5.74) is 7.08. The summed E-state index contributed by atoms with van der Waals surface area (Å²) in [4.78, 5) is 17.8. The van der Waals surface area contributed by atoms with Crippen LogP contribution in [0.3, 0.4) is 0 Å². The van der Waals surface area contributed by atoms with Gasteiger partial charge in [-0.1, -0.05) is 0 Å². The summed E-state index contributed by atoms with van der Waals surface area (Å²) in [5.74, 6) is 0.159. The number of hydrogen-bond donors (Lipinski definition) is 1. The highest BCUT2D eigenvalue weighted by molar-refractivity contribution is 5.77. The van der Waals surface area contributed by atoms with Crippen LogP contribution in [0.25, 0.3) is 0 Å². The molecule has 0 saturated heterocycles. The molecule has 0 radical (unpaired) electrons. The van der Waals surface area contributed by atoms with Crippen LogP contribution in [0.4, 0.5) is 0 Å². The first-order valence-corrected chi connectivity index (χ1v) is 6.51. The van der Waals surface area contributed by atoms with Gasteiger partial charge in [0, 0.05) is 37.9 Å². The summed E-state index contributed by atoms with van der Waals surface area (Å²) >= 11 is 0. The minimum atomic E-state index is -0.220. The molecule has 4 heteroatoms. The minimum Gasteiger partial charge on any atom is -0.345 e. The Morgan fingerprint density at radius 1 is 1.44 bits per heavy atom. The van der Waals surface area contributed by atoms with Crippen LogP contribution in [0.1, 0.15) is 31.2 Å². The first-order valence-electron chi connectivity index (χ1n) is 6.51. The predicted molar refractivity (Wildman–Crippen MR) is 71.0 cm³/mol. The monoisotopic (exact) mass is 247 g/mol. The highest BCUT2D eigenvalue weighted by Gasteiger charge is 2.35. The zero-order chi connectivity index (χ0) is 13.0. The van der Waals surface area contributed by atoms with E-state index in [-0.39, 0.29) is 11.4 Å². The van der Waals surface area contributed by atoms with Gasteiger partial charge in [0.2, 0.25) is 5.91 Å². The number of carbonyl (C=O) groups is 1. The van der Waals surface area contributed by atoms with Crippen molar-refractivity contribution in [1.82, 2.24) is 9.88 Å². The Balaban J connectivity index is 1.77. The van der Waals surface area contributed by atoms with Crippen molar-refractivity contribution < 1.29 is 4.79 Å². The SMILES string of the molecule is CN(CCc1ccncc1)C(=O)CC1(N)CCC1. The van der Waals surface area contributed by atoms with Gasteiger partial charge < -0.3 is 10.6 Å². The molecule has 1 saturated carbocycles. The van der Waals surface area contributed by atoms with Gasteiger partial charge in [0.1, 0.15) is 0 Å². The first kappa shape index (κ1) is 13.0. The lowest BCUT2D eigenvalue weighted by Gasteiger charge is -2.38. The van der Waals surface area contributed by atoms with Gasteiger partial charge in [-0.2, -0.15) is 0 Å². The van der Waals surface area contributed by atoms with Crippen molar-refractivity contribution in [2.45, 2.75) is 37.6 Å². The van der Waals surface area contributed by atoms with Crippen molar-refractivity contribution in [1.29, 1.82) is 0 Å². The van der Waals surface area contributed by atoms with Gasteiger partial charge in [0.25, 0.3) is 0 Å². The maximum absolute atomic E-state index is 12.0. The maximum atomic E-state index is 12.0. The van der Waals surface area contributed by atoms with Crippen molar-refractivity contribution in [2.24, 2.45) is 5.73 Å². The topological polar surface area (TPSA) is 59.2 Å². The third-order valence-electron chi connectivity index (χ3n) is 3.76. The van der Waals surface area contributed by atoms with E-state index in [2.05, 4.69) is 4.98 Å². The number of likely N-dealkylation sites (N-methyl/N-ethyl adjacent to an activating group) is 1. The second-order valence-electron chi connectivity index (χ2n) is 5.31. The molecule has 0 aliphatic heterocycles. The molecule has 0 spiro atoms. The lowest BCUT2D eigenvalue weighted by molar-refractivity contribution is -0.131. The Bertz CT molecular complexity index is 401. The minimum absolute atomic E-state index is 0.159. The molecule has 2 rings (SSSR count). The normalized spacial score (nSPS) is 17.0. The van der Waals surface area contributed by atoms with Crippen molar-refractivity contribution >= 4 is 5.91 Å². The zero-order valence-corrected chi connectivity index (χ0v) is 10.9. The summed E-state index contributed by atoms with van der Waals surface area (Å²) in [5, 5.41) is 0. The molecule has 1 fully saturated rings. The van der Waals surface area contributed by atoms with E-state index in [1.54, 1.807) is 17.3 Å². The second kappa shape index (κ2) is 5.48. The van der Waals surface area contributed by atoms with Crippen LogP contribution in [-0.4, -0.2) is 34.9 Å². The van der Waals surface area contributed by atoms with E-state index in [1.807, 2.05) is 19.2 Å². The molecule has 0 atom stereocenters. The van der Waals surface area contributed by atoms with Gasteiger partial charge in [0.15, 0.2) is 0 Å². The fraction of sp³-hybridized carbons (Fsp3) is 0.571. The zero-order valence-electron chi connectivity index (χ0n) is 10.9. The average Bonchev–Trinajstić information content (AvgIpc) is 2.35. The van der Waals surface area contributed by atoms with E-state index in [0.29, 0.717) is 6.42 Å². The summed E-state index contributed by atoms with van der Waals surface area (Å²) in [7, 11) is 1.85. The number of nitrogens with zero attached hydrogens (tertiary/aromatic N) is 2. The number of rotatable bonds is 5. The molecule has 1 aromatic heterocycles. The van der Waals surface area contributed by atoms with Crippen LogP contribution in [-0.2, 0) is 11.2 Å². The molecule has 4 nitrogen and oxygen atoms in total. The summed E-state index contributed by atoms with van der Waals surface area (Å²) in [6.07, 6.45) is 8.03. The number of carbonyl (C=O) groups excluding carboxylic acids is 1. The third-order valence-corrected chi connectivity index (χ3v) is 3.76.